The molecule has 0 aliphatic carbocycles. The lowest BCUT2D eigenvalue weighted by Crippen LogP contribution is -2.04. The molecule has 0 N–H and O–H groups in total. The van der Waals surface area contributed by atoms with Gasteiger partial charge in [0.2, 0.25) is 0 Å². The number of thiophene rings is 1. The van der Waals surface area contributed by atoms with Crippen molar-refractivity contribution in [1.29, 1.82) is 0 Å². The van der Waals surface area contributed by atoms with Gasteiger partial charge in [-0.2, -0.15) is 0 Å². The zero-order valence-electron chi connectivity index (χ0n) is 14.0. The van der Waals surface area contributed by atoms with E-state index in [2.05, 4.69) is 16.8 Å². The number of ether oxygens (including phenoxy) is 1. The third-order valence-electron chi connectivity index (χ3n) is 3.56. The summed E-state index contributed by atoms with van der Waals surface area (Å²) in [4.78, 5) is 12.9. The predicted octanol–water partition coefficient (Wildman–Crippen LogP) is 4.83. The summed E-state index contributed by atoms with van der Waals surface area (Å²) in [6, 6.07) is 11.1. The Hall–Kier alpha value is -2.09. The smallest absolute Gasteiger partial charge is 0.192 e. The van der Waals surface area contributed by atoms with Gasteiger partial charge in [0.1, 0.15) is 5.75 Å². The van der Waals surface area contributed by atoms with Gasteiger partial charge in [0.15, 0.2) is 16.8 Å². The fourth-order valence-corrected chi connectivity index (χ4v) is 4.21. The summed E-state index contributed by atoms with van der Waals surface area (Å²) in [6.45, 7) is 4.35. The summed E-state index contributed by atoms with van der Waals surface area (Å²) < 4.78 is 7.73. The largest absolute Gasteiger partial charge is 0.497 e. The summed E-state index contributed by atoms with van der Waals surface area (Å²) in [5.74, 6) is 1.79. The first-order valence-electron chi connectivity index (χ1n) is 7.72. The highest BCUT2D eigenvalue weighted by atomic mass is 35.5. The van der Waals surface area contributed by atoms with Crippen LogP contribution >= 0.6 is 34.7 Å². The number of ketones is 1. The van der Waals surface area contributed by atoms with Crippen LogP contribution in [-0.4, -0.2) is 33.4 Å². The van der Waals surface area contributed by atoms with Crippen molar-refractivity contribution in [1.82, 2.24) is 14.8 Å². The molecule has 0 bridgehead atoms. The third-order valence-corrected chi connectivity index (χ3v) is 5.80. The minimum absolute atomic E-state index is 0.0195. The maximum absolute atomic E-state index is 12.3. The second kappa shape index (κ2) is 8.53. The van der Waals surface area contributed by atoms with Crippen LogP contribution in [0.15, 0.2) is 54.2 Å². The number of nitrogens with zero attached hydrogens (tertiary/aromatic N) is 3. The molecule has 3 aromatic rings. The first-order chi connectivity index (χ1) is 12.6. The molecule has 0 atom stereocenters. The highest BCUT2D eigenvalue weighted by Crippen LogP contribution is 2.27. The minimum atomic E-state index is 0.0195. The molecule has 0 spiro atoms. The van der Waals surface area contributed by atoms with E-state index in [9.17, 15) is 4.79 Å². The number of halogens is 1. The zero-order chi connectivity index (χ0) is 18.5. The summed E-state index contributed by atoms with van der Waals surface area (Å²) in [7, 11) is 1.63. The number of methoxy groups -OCH3 is 1. The Morgan fingerprint density at radius 3 is 2.69 bits per heavy atom. The van der Waals surface area contributed by atoms with Crippen molar-refractivity contribution >= 4 is 40.5 Å². The molecule has 0 radical (unpaired) electrons. The number of aromatic nitrogens is 3. The number of Topliss-reactive ketones (excluding diaryl/α,β-unsaturated/α-hetero) is 1. The van der Waals surface area contributed by atoms with Crippen LogP contribution < -0.4 is 4.74 Å². The topological polar surface area (TPSA) is 57.0 Å². The van der Waals surface area contributed by atoms with Crippen molar-refractivity contribution in [2.45, 2.75) is 11.7 Å². The number of hydrogen-bond donors (Lipinski definition) is 0. The Bertz CT molecular complexity index is 919. The molecule has 0 saturated heterocycles. The maximum Gasteiger partial charge on any atom is 0.192 e. The Labute approximate surface area is 164 Å². The molecule has 26 heavy (non-hydrogen) atoms. The molecular weight excluding hydrogens is 390 g/mol. The highest BCUT2D eigenvalue weighted by Gasteiger charge is 2.16. The molecule has 0 unspecified atom stereocenters. The van der Waals surface area contributed by atoms with E-state index in [-0.39, 0.29) is 11.5 Å². The van der Waals surface area contributed by atoms with Gasteiger partial charge < -0.3 is 4.74 Å². The Kier molecular flexibility index (Phi) is 6.13. The summed E-state index contributed by atoms with van der Waals surface area (Å²) in [6.07, 6.45) is 1.78. The molecule has 8 heteroatoms. The van der Waals surface area contributed by atoms with Crippen molar-refractivity contribution in [2.24, 2.45) is 0 Å². The van der Waals surface area contributed by atoms with E-state index in [1.165, 1.54) is 23.1 Å². The first-order valence-corrected chi connectivity index (χ1v) is 9.90. The van der Waals surface area contributed by atoms with Gasteiger partial charge in [-0.25, -0.2) is 0 Å². The van der Waals surface area contributed by atoms with Gasteiger partial charge in [-0.15, -0.1) is 28.1 Å². The van der Waals surface area contributed by atoms with Crippen LogP contribution in [0, 0.1) is 0 Å². The molecule has 0 amide bonds. The number of thioether (sulfide) groups is 1. The molecule has 2 aromatic heterocycles. The standard InChI is InChI=1S/C18H16ClN3O2S2/c1-3-10-22-17(12-4-6-13(24-2)7-5-12)20-21-18(22)25-11-14(23)15-8-9-16(19)26-15/h3-9H,1,10-11H2,2H3. The van der Waals surface area contributed by atoms with E-state index in [4.69, 9.17) is 16.3 Å². The number of allylic oxidation sites excluding steroid dienone is 1. The van der Waals surface area contributed by atoms with E-state index >= 15 is 0 Å². The fraction of sp³-hybridized carbons (Fsp3) is 0.167. The SMILES string of the molecule is C=CCn1c(SCC(=O)c2ccc(Cl)s2)nnc1-c1ccc(OC)cc1. The molecule has 2 heterocycles. The highest BCUT2D eigenvalue weighted by molar-refractivity contribution is 7.99. The van der Waals surface area contributed by atoms with E-state index in [1.807, 2.05) is 28.8 Å². The lowest BCUT2D eigenvalue weighted by atomic mass is 10.2. The number of benzene rings is 1. The van der Waals surface area contributed by atoms with Crippen LogP contribution in [0.2, 0.25) is 4.34 Å². The van der Waals surface area contributed by atoms with Crippen LogP contribution in [0.4, 0.5) is 0 Å². The van der Waals surface area contributed by atoms with Gasteiger partial charge in [-0.05, 0) is 36.4 Å². The van der Waals surface area contributed by atoms with E-state index in [1.54, 1.807) is 25.3 Å². The molecule has 0 fully saturated rings. The Morgan fingerprint density at radius 1 is 1.31 bits per heavy atom. The number of carbonyl (C=O) groups excluding carboxylic acids is 1. The van der Waals surface area contributed by atoms with E-state index < -0.39 is 0 Å². The quantitative estimate of drug-likeness (QED) is 0.305. The molecule has 0 aliphatic heterocycles. The van der Waals surface area contributed by atoms with E-state index in [0.717, 1.165) is 17.1 Å². The van der Waals surface area contributed by atoms with Gasteiger partial charge in [0.25, 0.3) is 0 Å². The monoisotopic (exact) mass is 405 g/mol. The third kappa shape index (κ3) is 4.17. The zero-order valence-corrected chi connectivity index (χ0v) is 16.4. The summed E-state index contributed by atoms with van der Waals surface area (Å²) >= 11 is 8.53. The average molecular weight is 406 g/mol. The summed E-state index contributed by atoms with van der Waals surface area (Å²) in [5.41, 5.74) is 0.920. The molecular formula is C18H16ClN3O2S2. The van der Waals surface area contributed by atoms with Crippen LogP contribution in [0.5, 0.6) is 5.75 Å². The first kappa shape index (κ1) is 18.7. The van der Waals surface area contributed by atoms with Crippen molar-refractivity contribution < 1.29 is 9.53 Å². The molecule has 1 aromatic carbocycles. The fourth-order valence-electron chi connectivity index (χ4n) is 2.31. The van der Waals surface area contributed by atoms with Gasteiger partial charge in [0, 0.05) is 12.1 Å². The molecule has 3 rings (SSSR count). The molecule has 134 valence electrons. The number of hydrogen-bond acceptors (Lipinski definition) is 6. The van der Waals surface area contributed by atoms with Gasteiger partial charge in [-0.3, -0.25) is 9.36 Å². The van der Waals surface area contributed by atoms with Crippen molar-refractivity contribution in [3.05, 3.63) is 58.3 Å². The van der Waals surface area contributed by atoms with Gasteiger partial charge in [0.05, 0.1) is 22.1 Å². The maximum atomic E-state index is 12.3. The van der Waals surface area contributed by atoms with Crippen molar-refractivity contribution in [3.8, 4) is 17.1 Å². The van der Waals surface area contributed by atoms with Crippen molar-refractivity contribution in [2.75, 3.05) is 12.9 Å². The molecule has 5 nitrogen and oxygen atoms in total. The number of carbonyl (C=O) groups is 1. The second-order valence-corrected chi connectivity index (χ2v) is 7.91. The van der Waals surface area contributed by atoms with Crippen LogP contribution in [0.25, 0.3) is 11.4 Å². The normalized spacial score (nSPS) is 10.7. The minimum Gasteiger partial charge on any atom is -0.497 e. The Balaban J connectivity index is 1.80. The average Bonchev–Trinajstić information content (AvgIpc) is 3.27. The second-order valence-electron chi connectivity index (χ2n) is 5.25. The molecule has 0 aliphatic rings. The lowest BCUT2D eigenvalue weighted by Gasteiger charge is -2.08. The van der Waals surface area contributed by atoms with Crippen molar-refractivity contribution in [3.63, 3.8) is 0 Å². The lowest BCUT2D eigenvalue weighted by molar-refractivity contribution is 0.102. The van der Waals surface area contributed by atoms with Crippen LogP contribution in [-0.2, 0) is 6.54 Å². The van der Waals surface area contributed by atoms with Crippen LogP contribution in [0.1, 0.15) is 9.67 Å². The predicted molar refractivity (Wildman–Crippen MR) is 107 cm³/mol. The molecule has 0 saturated carbocycles. The summed E-state index contributed by atoms with van der Waals surface area (Å²) in [5, 5.41) is 9.21. The van der Waals surface area contributed by atoms with Crippen LogP contribution in [0.3, 0.4) is 0 Å². The van der Waals surface area contributed by atoms with Gasteiger partial charge in [-0.1, -0.05) is 29.4 Å². The van der Waals surface area contributed by atoms with E-state index in [0.29, 0.717) is 20.9 Å². The Morgan fingerprint density at radius 2 is 2.08 bits per heavy atom. The number of rotatable bonds is 8. The van der Waals surface area contributed by atoms with Gasteiger partial charge >= 0.3 is 0 Å².